The van der Waals surface area contributed by atoms with Gasteiger partial charge in [0.25, 0.3) is 0 Å². The molecule has 1 heterocycles. The average molecular weight is 388 g/mol. The molecule has 0 aromatic heterocycles. The average Bonchev–Trinajstić information content (AvgIpc) is 2.58. The smallest absolute Gasteiger partial charge is 0.225 e. The van der Waals surface area contributed by atoms with Crippen LogP contribution in [0.4, 0.5) is 14.5 Å². The highest BCUT2D eigenvalue weighted by molar-refractivity contribution is 9.10. The molecule has 0 bridgehead atoms. The first-order valence-corrected chi connectivity index (χ1v) is 8.30. The van der Waals surface area contributed by atoms with Gasteiger partial charge in [-0.05, 0) is 40.8 Å². The van der Waals surface area contributed by atoms with Crippen LogP contribution in [0.1, 0.15) is 23.5 Å². The minimum atomic E-state index is -0.523. The fourth-order valence-electron chi connectivity index (χ4n) is 3.31. The minimum Gasteiger partial charge on any atom is -0.325 e. The quantitative estimate of drug-likeness (QED) is 0.598. The number of benzene rings is 3. The molecule has 0 fully saturated rings. The maximum Gasteiger partial charge on any atom is 0.225 e. The SMILES string of the molecule is O=C1C[C@@H](c2cc(F)ccc2F)c2cc(Br)c3ccccc3c2N1. The first-order chi connectivity index (χ1) is 11.5. The van der Waals surface area contributed by atoms with Crippen LogP contribution in [0.3, 0.4) is 0 Å². The van der Waals surface area contributed by atoms with Crippen molar-refractivity contribution in [2.24, 2.45) is 0 Å². The second-order valence-corrected chi connectivity index (χ2v) is 6.69. The third kappa shape index (κ3) is 2.40. The Morgan fingerprint density at radius 1 is 1.00 bits per heavy atom. The van der Waals surface area contributed by atoms with E-state index >= 15 is 0 Å². The predicted octanol–water partition coefficient (Wildman–Crippen LogP) is 5.35. The summed E-state index contributed by atoms with van der Waals surface area (Å²) in [6.07, 6.45) is 0.0815. The Bertz CT molecular complexity index is 987. The molecule has 0 aliphatic carbocycles. The molecule has 1 aliphatic heterocycles. The van der Waals surface area contributed by atoms with E-state index in [4.69, 9.17) is 0 Å². The van der Waals surface area contributed by atoms with E-state index in [0.717, 1.165) is 32.9 Å². The molecule has 0 unspecified atom stereocenters. The van der Waals surface area contributed by atoms with Crippen molar-refractivity contribution in [1.82, 2.24) is 0 Å². The van der Waals surface area contributed by atoms with Crippen molar-refractivity contribution in [1.29, 1.82) is 0 Å². The summed E-state index contributed by atoms with van der Waals surface area (Å²) in [5.41, 5.74) is 1.65. The standard InChI is InChI=1S/C19H12BrF2NO/c20-16-8-15-13(14-7-10(21)5-6-17(14)22)9-18(24)23-19(15)12-4-2-1-3-11(12)16/h1-8,13H,9H2,(H,23,24)/t13-/m0/s1. The van der Waals surface area contributed by atoms with Crippen molar-refractivity contribution in [2.75, 3.05) is 5.32 Å². The van der Waals surface area contributed by atoms with Crippen molar-refractivity contribution in [3.05, 3.63) is 75.8 Å². The molecular formula is C19H12BrF2NO. The summed E-state index contributed by atoms with van der Waals surface area (Å²) < 4.78 is 28.8. The van der Waals surface area contributed by atoms with Crippen molar-refractivity contribution >= 4 is 38.3 Å². The molecule has 1 aliphatic rings. The first kappa shape index (κ1) is 15.3. The van der Waals surface area contributed by atoms with Gasteiger partial charge in [-0.25, -0.2) is 8.78 Å². The highest BCUT2D eigenvalue weighted by atomic mass is 79.9. The number of amides is 1. The Morgan fingerprint density at radius 2 is 1.75 bits per heavy atom. The molecule has 3 aromatic rings. The zero-order valence-electron chi connectivity index (χ0n) is 12.4. The molecule has 0 saturated carbocycles. The summed E-state index contributed by atoms with van der Waals surface area (Å²) in [7, 11) is 0. The highest BCUT2D eigenvalue weighted by Crippen LogP contribution is 2.44. The van der Waals surface area contributed by atoms with Crippen LogP contribution in [-0.4, -0.2) is 5.91 Å². The van der Waals surface area contributed by atoms with Gasteiger partial charge in [0.1, 0.15) is 11.6 Å². The van der Waals surface area contributed by atoms with Gasteiger partial charge in [-0.3, -0.25) is 4.79 Å². The van der Waals surface area contributed by atoms with Gasteiger partial charge in [-0.1, -0.05) is 40.2 Å². The second-order valence-electron chi connectivity index (χ2n) is 5.84. The van der Waals surface area contributed by atoms with Crippen LogP contribution in [0.25, 0.3) is 10.8 Å². The number of hydrogen-bond donors (Lipinski definition) is 1. The van der Waals surface area contributed by atoms with Crippen LogP contribution in [-0.2, 0) is 4.79 Å². The highest BCUT2D eigenvalue weighted by Gasteiger charge is 2.30. The summed E-state index contributed by atoms with van der Waals surface area (Å²) in [5, 5.41) is 4.72. The predicted molar refractivity (Wildman–Crippen MR) is 93.1 cm³/mol. The second kappa shape index (κ2) is 5.67. The largest absolute Gasteiger partial charge is 0.325 e. The molecule has 5 heteroatoms. The maximum absolute atomic E-state index is 14.3. The van der Waals surface area contributed by atoms with Crippen LogP contribution in [0.5, 0.6) is 0 Å². The summed E-state index contributed by atoms with van der Waals surface area (Å²) in [6.45, 7) is 0. The zero-order valence-corrected chi connectivity index (χ0v) is 14.0. The number of hydrogen-bond acceptors (Lipinski definition) is 1. The molecular weight excluding hydrogens is 376 g/mol. The Kier molecular flexibility index (Phi) is 3.61. The molecule has 120 valence electrons. The van der Waals surface area contributed by atoms with Crippen LogP contribution >= 0.6 is 15.9 Å². The Morgan fingerprint density at radius 3 is 2.54 bits per heavy atom. The van der Waals surface area contributed by atoms with E-state index < -0.39 is 17.6 Å². The number of halogens is 3. The third-order valence-electron chi connectivity index (χ3n) is 4.39. The van der Waals surface area contributed by atoms with Crippen LogP contribution in [0.2, 0.25) is 0 Å². The van der Waals surface area contributed by atoms with Gasteiger partial charge in [0.05, 0.1) is 5.69 Å². The number of anilines is 1. The van der Waals surface area contributed by atoms with Crippen molar-refractivity contribution < 1.29 is 13.6 Å². The lowest BCUT2D eigenvalue weighted by Gasteiger charge is -2.28. The van der Waals surface area contributed by atoms with E-state index in [-0.39, 0.29) is 17.9 Å². The van der Waals surface area contributed by atoms with Gasteiger partial charge in [-0.15, -0.1) is 0 Å². The minimum absolute atomic E-state index is 0.0815. The zero-order chi connectivity index (χ0) is 16.8. The lowest BCUT2D eigenvalue weighted by atomic mass is 9.83. The van der Waals surface area contributed by atoms with E-state index in [1.54, 1.807) is 0 Å². The lowest BCUT2D eigenvalue weighted by molar-refractivity contribution is -0.116. The van der Waals surface area contributed by atoms with Gasteiger partial charge in [0.15, 0.2) is 0 Å². The Hall–Kier alpha value is -2.27. The van der Waals surface area contributed by atoms with Crippen molar-refractivity contribution in [3.63, 3.8) is 0 Å². The Balaban J connectivity index is 2.01. The third-order valence-corrected chi connectivity index (χ3v) is 5.04. The molecule has 2 nitrogen and oxygen atoms in total. The summed E-state index contributed by atoms with van der Waals surface area (Å²) in [6, 6.07) is 12.9. The molecule has 0 radical (unpaired) electrons. The van der Waals surface area contributed by atoms with E-state index in [9.17, 15) is 13.6 Å². The van der Waals surface area contributed by atoms with Gasteiger partial charge in [0, 0.05) is 22.2 Å². The van der Waals surface area contributed by atoms with Gasteiger partial charge < -0.3 is 5.32 Å². The number of nitrogens with one attached hydrogen (secondary N) is 1. The summed E-state index contributed by atoms with van der Waals surface area (Å²) >= 11 is 3.54. The normalized spacial score (nSPS) is 16.8. The fraction of sp³-hybridized carbons (Fsp3) is 0.105. The van der Waals surface area contributed by atoms with Crippen LogP contribution in [0.15, 0.2) is 53.0 Å². The molecule has 4 rings (SSSR count). The van der Waals surface area contributed by atoms with E-state index in [0.29, 0.717) is 5.69 Å². The maximum atomic E-state index is 14.3. The lowest BCUT2D eigenvalue weighted by Crippen LogP contribution is -2.24. The van der Waals surface area contributed by atoms with Crippen LogP contribution < -0.4 is 5.32 Å². The van der Waals surface area contributed by atoms with E-state index in [1.807, 2.05) is 30.3 Å². The topological polar surface area (TPSA) is 29.1 Å². The van der Waals surface area contributed by atoms with Crippen molar-refractivity contribution in [3.8, 4) is 0 Å². The fourth-order valence-corrected chi connectivity index (χ4v) is 3.90. The van der Waals surface area contributed by atoms with Crippen LogP contribution in [0, 0.1) is 11.6 Å². The monoisotopic (exact) mass is 387 g/mol. The molecule has 0 spiro atoms. The number of carbonyl (C=O) groups excluding carboxylic acids is 1. The molecule has 3 aromatic carbocycles. The van der Waals surface area contributed by atoms with Crippen molar-refractivity contribution in [2.45, 2.75) is 12.3 Å². The first-order valence-electron chi connectivity index (χ1n) is 7.50. The molecule has 0 saturated heterocycles. The molecule has 24 heavy (non-hydrogen) atoms. The number of fused-ring (bicyclic) bond motifs is 3. The van der Waals surface area contributed by atoms with Gasteiger partial charge in [-0.2, -0.15) is 0 Å². The molecule has 1 amide bonds. The summed E-state index contributed by atoms with van der Waals surface area (Å²) in [4.78, 5) is 12.2. The molecule has 1 atom stereocenters. The van der Waals surface area contributed by atoms with Gasteiger partial charge in [0.2, 0.25) is 5.91 Å². The summed E-state index contributed by atoms with van der Waals surface area (Å²) in [5.74, 6) is -1.75. The van der Waals surface area contributed by atoms with Gasteiger partial charge >= 0.3 is 0 Å². The van der Waals surface area contributed by atoms with E-state index in [1.165, 1.54) is 6.07 Å². The number of carbonyl (C=O) groups is 1. The Labute approximate surface area is 145 Å². The molecule has 1 N–H and O–H groups in total. The number of rotatable bonds is 1. The van der Waals surface area contributed by atoms with E-state index in [2.05, 4.69) is 21.2 Å².